The Morgan fingerprint density at radius 1 is 1.15 bits per heavy atom. The van der Waals surface area contributed by atoms with Crippen LogP contribution in [0.2, 0.25) is 5.02 Å². The second-order valence-corrected chi connectivity index (χ2v) is 3.20. The zero-order chi connectivity index (χ0) is 9.42. The Kier molecular flexibility index (Phi) is 1.85. The highest BCUT2D eigenvalue weighted by molar-refractivity contribution is 6.31. The van der Waals surface area contributed by atoms with Gasteiger partial charge in [-0.05, 0) is 29.7 Å². The van der Waals surface area contributed by atoms with Gasteiger partial charge in [-0.1, -0.05) is 17.7 Å². The Labute approximate surface area is 79.4 Å². The molecule has 0 radical (unpaired) electrons. The van der Waals surface area contributed by atoms with Crippen molar-refractivity contribution in [3.05, 3.63) is 41.2 Å². The fraction of sp³-hybridized carbons (Fsp3) is 0. The molecule has 2 aromatic rings. The summed E-state index contributed by atoms with van der Waals surface area (Å²) in [6.45, 7) is 0. The molecule has 2 aromatic carbocycles. The lowest BCUT2D eigenvalue weighted by atomic mass is 10.1. The van der Waals surface area contributed by atoms with Gasteiger partial charge in [-0.15, -0.1) is 0 Å². The van der Waals surface area contributed by atoms with Crippen LogP contribution in [0.25, 0.3) is 10.8 Å². The van der Waals surface area contributed by atoms with E-state index < -0.39 is 5.82 Å². The van der Waals surface area contributed by atoms with Crippen molar-refractivity contribution in [2.45, 2.75) is 0 Å². The Morgan fingerprint density at radius 2 is 1.92 bits per heavy atom. The zero-order valence-corrected chi connectivity index (χ0v) is 7.35. The van der Waals surface area contributed by atoms with E-state index in [2.05, 4.69) is 0 Å². The van der Waals surface area contributed by atoms with Crippen LogP contribution < -0.4 is 0 Å². The first-order valence-corrected chi connectivity index (χ1v) is 4.13. The van der Waals surface area contributed by atoms with Gasteiger partial charge < -0.3 is 5.11 Å². The van der Waals surface area contributed by atoms with Gasteiger partial charge >= 0.3 is 0 Å². The first-order valence-electron chi connectivity index (χ1n) is 3.75. The van der Waals surface area contributed by atoms with Crippen molar-refractivity contribution in [2.75, 3.05) is 0 Å². The number of phenolic OH excluding ortho intramolecular Hbond substituents is 1. The van der Waals surface area contributed by atoms with Crippen LogP contribution in [0.15, 0.2) is 30.3 Å². The number of hydrogen-bond donors (Lipinski definition) is 1. The van der Waals surface area contributed by atoms with Crippen LogP contribution in [-0.4, -0.2) is 5.11 Å². The molecule has 0 saturated heterocycles. The van der Waals surface area contributed by atoms with Crippen LogP contribution in [0.4, 0.5) is 4.39 Å². The van der Waals surface area contributed by atoms with Gasteiger partial charge in [0.1, 0.15) is 0 Å². The summed E-state index contributed by atoms with van der Waals surface area (Å²) in [5.74, 6) is -0.941. The third-order valence-electron chi connectivity index (χ3n) is 1.90. The number of benzene rings is 2. The average molecular weight is 197 g/mol. The molecule has 13 heavy (non-hydrogen) atoms. The standard InChI is InChI=1S/C10H6ClFO/c11-7-2-3-8-6(5-7)1-4-9(12)10(8)13/h1-5,13H. The second-order valence-electron chi connectivity index (χ2n) is 2.76. The number of fused-ring (bicyclic) bond motifs is 1. The van der Waals surface area contributed by atoms with Crippen LogP contribution in [0.5, 0.6) is 5.75 Å². The van der Waals surface area contributed by atoms with Crippen LogP contribution in [-0.2, 0) is 0 Å². The Balaban J connectivity index is 2.87. The van der Waals surface area contributed by atoms with Crippen molar-refractivity contribution in [3.63, 3.8) is 0 Å². The van der Waals surface area contributed by atoms with Gasteiger partial charge in [-0.3, -0.25) is 0 Å². The van der Waals surface area contributed by atoms with E-state index in [1.54, 1.807) is 24.3 Å². The smallest absolute Gasteiger partial charge is 0.165 e. The predicted octanol–water partition coefficient (Wildman–Crippen LogP) is 3.34. The summed E-state index contributed by atoms with van der Waals surface area (Å²) in [6, 6.07) is 7.68. The van der Waals surface area contributed by atoms with Crippen LogP contribution in [0, 0.1) is 5.82 Å². The van der Waals surface area contributed by atoms with Gasteiger partial charge in [0.05, 0.1) is 0 Å². The van der Waals surface area contributed by atoms with Gasteiger partial charge in [0, 0.05) is 10.4 Å². The molecule has 0 aliphatic carbocycles. The largest absolute Gasteiger partial charge is 0.504 e. The highest BCUT2D eigenvalue weighted by atomic mass is 35.5. The molecule has 0 aliphatic heterocycles. The molecule has 1 N–H and O–H groups in total. The van der Waals surface area contributed by atoms with E-state index in [0.29, 0.717) is 10.4 Å². The van der Waals surface area contributed by atoms with Crippen LogP contribution >= 0.6 is 11.6 Å². The monoisotopic (exact) mass is 196 g/mol. The first-order chi connectivity index (χ1) is 6.18. The first kappa shape index (κ1) is 8.32. The predicted molar refractivity (Wildman–Crippen MR) is 50.6 cm³/mol. The zero-order valence-electron chi connectivity index (χ0n) is 6.59. The van der Waals surface area contributed by atoms with Crippen molar-refractivity contribution in [2.24, 2.45) is 0 Å². The second kappa shape index (κ2) is 2.89. The van der Waals surface area contributed by atoms with Crippen LogP contribution in [0.1, 0.15) is 0 Å². The molecule has 1 nitrogen and oxygen atoms in total. The Hall–Kier alpha value is -1.28. The van der Waals surface area contributed by atoms with Crippen LogP contribution in [0.3, 0.4) is 0 Å². The van der Waals surface area contributed by atoms with E-state index in [9.17, 15) is 9.50 Å². The topological polar surface area (TPSA) is 20.2 Å². The molecule has 0 heterocycles. The lowest BCUT2D eigenvalue weighted by Gasteiger charge is -2.01. The summed E-state index contributed by atoms with van der Waals surface area (Å²) in [7, 11) is 0. The minimum atomic E-state index is -0.616. The molecule has 3 heteroatoms. The number of hydrogen-bond acceptors (Lipinski definition) is 1. The summed E-state index contributed by atoms with van der Waals surface area (Å²) in [6.07, 6.45) is 0. The van der Waals surface area contributed by atoms with E-state index in [1.165, 1.54) is 6.07 Å². The molecule has 66 valence electrons. The summed E-state index contributed by atoms with van der Waals surface area (Å²) in [5.41, 5.74) is 0. The molecule has 0 aliphatic rings. The SMILES string of the molecule is Oc1c(F)ccc2cc(Cl)ccc12. The lowest BCUT2D eigenvalue weighted by Crippen LogP contribution is -1.79. The molecule has 0 spiro atoms. The lowest BCUT2D eigenvalue weighted by molar-refractivity contribution is 0.439. The summed E-state index contributed by atoms with van der Waals surface area (Å²) in [4.78, 5) is 0. The third-order valence-corrected chi connectivity index (χ3v) is 2.14. The quantitative estimate of drug-likeness (QED) is 0.685. The Bertz CT molecular complexity index is 468. The number of aromatic hydroxyl groups is 1. The van der Waals surface area contributed by atoms with Crippen molar-refractivity contribution < 1.29 is 9.50 Å². The summed E-state index contributed by atoms with van der Waals surface area (Å²) >= 11 is 5.74. The fourth-order valence-electron chi connectivity index (χ4n) is 1.26. The Morgan fingerprint density at radius 3 is 2.69 bits per heavy atom. The van der Waals surface area contributed by atoms with Crippen molar-refractivity contribution in [1.82, 2.24) is 0 Å². The van der Waals surface area contributed by atoms with Crippen molar-refractivity contribution in [3.8, 4) is 5.75 Å². The van der Waals surface area contributed by atoms with E-state index >= 15 is 0 Å². The number of phenols is 1. The maximum atomic E-state index is 12.9. The van der Waals surface area contributed by atoms with Gasteiger partial charge in [0.2, 0.25) is 0 Å². The maximum absolute atomic E-state index is 12.9. The van der Waals surface area contributed by atoms with Gasteiger partial charge in [-0.25, -0.2) is 4.39 Å². The molecule has 0 aromatic heterocycles. The van der Waals surface area contributed by atoms with E-state index in [4.69, 9.17) is 11.6 Å². The average Bonchev–Trinajstić information content (AvgIpc) is 2.12. The molecular formula is C10H6ClFO. The highest BCUT2D eigenvalue weighted by Crippen LogP contribution is 2.29. The van der Waals surface area contributed by atoms with Crippen molar-refractivity contribution >= 4 is 22.4 Å². The summed E-state index contributed by atoms with van der Waals surface area (Å²) in [5, 5.41) is 11.1. The number of halogens is 2. The van der Waals surface area contributed by atoms with Gasteiger partial charge in [0.25, 0.3) is 0 Å². The maximum Gasteiger partial charge on any atom is 0.165 e. The van der Waals surface area contributed by atoms with Gasteiger partial charge in [-0.2, -0.15) is 0 Å². The van der Waals surface area contributed by atoms with E-state index in [-0.39, 0.29) is 5.75 Å². The summed E-state index contributed by atoms with van der Waals surface area (Å²) < 4.78 is 12.9. The third kappa shape index (κ3) is 1.33. The number of rotatable bonds is 0. The minimum Gasteiger partial charge on any atom is -0.504 e. The van der Waals surface area contributed by atoms with Crippen molar-refractivity contribution in [1.29, 1.82) is 0 Å². The normalized spacial score (nSPS) is 10.6. The molecule has 2 rings (SSSR count). The molecule has 0 unspecified atom stereocenters. The van der Waals surface area contributed by atoms with E-state index in [1.807, 2.05) is 0 Å². The highest BCUT2D eigenvalue weighted by Gasteiger charge is 2.05. The molecule has 0 atom stereocenters. The molecule has 0 amide bonds. The van der Waals surface area contributed by atoms with E-state index in [0.717, 1.165) is 5.39 Å². The van der Waals surface area contributed by atoms with Gasteiger partial charge in [0.15, 0.2) is 11.6 Å². The molecular weight excluding hydrogens is 191 g/mol. The molecule has 0 fully saturated rings. The molecule has 0 bridgehead atoms. The minimum absolute atomic E-state index is 0.325. The fourth-order valence-corrected chi connectivity index (χ4v) is 1.44. The molecule has 0 saturated carbocycles.